The molecule has 0 aliphatic carbocycles. The van der Waals surface area contributed by atoms with Crippen molar-refractivity contribution in [2.45, 2.75) is 71.1 Å². The zero-order valence-corrected chi connectivity index (χ0v) is 10.5. The van der Waals surface area contributed by atoms with E-state index in [4.69, 9.17) is 0 Å². The molecule has 0 radical (unpaired) electrons. The minimum atomic E-state index is 1.18. The Morgan fingerprint density at radius 3 is 1.80 bits per heavy atom. The van der Waals surface area contributed by atoms with Crippen molar-refractivity contribution < 1.29 is 0 Å². The van der Waals surface area contributed by atoms with Crippen molar-refractivity contribution in [2.24, 2.45) is 0 Å². The fourth-order valence-corrected chi connectivity index (χ4v) is 1.72. The maximum Gasteiger partial charge on any atom is -0.0351 e. The molecule has 0 spiro atoms. The third kappa shape index (κ3) is 13.5. The summed E-state index contributed by atoms with van der Waals surface area (Å²) in [6, 6.07) is 0. The van der Waals surface area contributed by atoms with E-state index in [1.165, 1.54) is 64.2 Å². The maximum atomic E-state index is 3.74. The Kier molecular flexibility index (Phi) is 13.0. The molecule has 0 aliphatic heterocycles. The highest BCUT2D eigenvalue weighted by Crippen LogP contribution is 2.09. The van der Waals surface area contributed by atoms with Gasteiger partial charge in [-0.2, -0.15) is 0 Å². The summed E-state index contributed by atoms with van der Waals surface area (Å²) in [6.45, 7) is 5.93. The lowest BCUT2D eigenvalue weighted by atomic mass is 10.1. The number of hydrogen-bond donors (Lipinski definition) is 0. The average Bonchev–Trinajstić information content (AvgIpc) is 2.26. The first kappa shape index (κ1) is 14.5. The highest BCUT2D eigenvalue weighted by molar-refractivity contribution is 4.79. The van der Waals surface area contributed by atoms with Crippen LogP contribution in [0, 0.1) is 0 Å². The molecule has 0 saturated heterocycles. The molecule has 0 N–H and O–H groups in total. The van der Waals surface area contributed by atoms with Gasteiger partial charge in [-0.3, -0.25) is 0 Å². The highest BCUT2D eigenvalue weighted by atomic mass is 14.0. The van der Waals surface area contributed by atoms with E-state index in [-0.39, 0.29) is 0 Å². The van der Waals surface area contributed by atoms with E-state index < -0.39 is 0 Å². The minimum Gasteiger partial charge on any atom is -0.103 e. The van der Waals surface area contributed by atoms with E-state index in [9.17, 15) is 0 Å². The lowest BCUT2D eigenvalue weighted by molar-refractivity contribution is 0.583. The van der Waals surface area contributed by atoms with Crippen LogP contribution in [0.25, 0.3) is 0 Å². The van der Waals surface area contributed by atoms with Gasteiger partial charge in [-0.1, -0.05) is 57.3 Å². The van der Waals surface area contributed by atoms with Crippen LogP contribution in [0.1, 0.15) is 71.1 Å². The summed E-state index contributed by atoms with van der Waals surface area (Å²) >= 11 is 0. The summed E-state index contributed by atoms with van der Waals surface area (Å²) in [5.74, 6) is 0. The van der Waals surface area contributed by atoms with E-state index in [1.807, 2.05) is 6.08 Å². The molecule has 0 fully saturated rings. The van der Waals surface area contributed by atoms with Crippen molar-refractivity contribution in [2.75, 3.05) is 0 Å². The molecule has 0 nitrogen and oxygen atoms in total. The molecule has 0 unspecified atom stereocenters. The predicted molar refractivity (Wildman–Crippen MR) is 71.2 cm³/mol. The molecule has 15 heavy (non-hydrogen) atoms. The molecule has 0 aromatic rings. The second kappa shape index (κ2) is 13.5. The van der Waals surface area contributed by atoms with Gasteiger partial charge in [-0.05, 0) is 32.1 Å². The minimum absolute atomic E-state index is 1.18. The van der Waals surface area contributed by atoms with E-state index in [1.54, 1.807) is 0 Å². The second-order valence-electron chi connectivity index (χ2n) is 4.22. The van der Waals surface area contributed by atoms with Gasteiger partial charge in [-0.15, -0.1) is 6.58 Å². The van der Waals surface area contributed by atoms with Gasteiger partial charge >= 0.3 is 0 Å². The van der Waals surface area contributed by atoms with Crippen molar-refractivity contribution in [1.29, 1.82) is 0 Å². The van der Waals surface area contributed by atoms with Gasteiger partial charge in [0.1, 0.15) is 0 Å². The molecule has 0 heteroatoms. The zero-order chi connectivity index (χ0) is 11.2. The van der Waals surface area contributed by atoms with Crippen molar-refractivity contribution in [3.63, 3.8) is 0 Å². The SMILES string of the molecule is C=CCCCCCCCCC/C=C/CC. The molecule has 0 saturated carbocycles. The summed E-state index contributed by atoms with van der Waals surface area (Å²) in [7, 11) is 0. The number of hydrogen-bond acceptors (Lipinski definition) is 0. The topological polar surface area (TPSA) is 0 Å². The Labute approximate surface area is 96.5 Å². The summed E-state index contributed by atoms with van der Waals surface area (Å²) in [6.07, 6.45) is 20.1. The molecule has 0 atom stereocenters. The molecule has 0 heterocycles. The zero-order valence-electron chi connectivity index (χ0n) is 10.5. The van der Waals surface area contributed by atoms with Gasteiger partial charge in [0.05, 0.1) is 0 Å². The smallest absolute Gasteiger partial charge is 0.0351 e. The lowest BCUT2D eigenvalue weighted by Gasteiger charge is -1.99. The Morgan fingerprint density at radius 1 is 0.733 bits per heavy atom. The van der Waals surface area contributed by atoms with E-state index >= 15 is 0 Å². The average molecular weight is 208 g/mol. The quantitative estimate of drug-likeness (QED) is 0.304. The Balaban J connectivity index is 2.92. The van der Waals surface area contributed by atoms with Gasteiger partial charge in [0.15, 0.2) is 0 Å². The largest absolute Gasteiger partial charge is 0.103 e. The Morgan fingerprint density at radius 2 is 1.27 bits per heavy atom. The van der Waals surface area contributed by atoms with Crippen LogP contribution in [0.3, 0.4) is 0 Å². The summed E-state index contributed by atoms with van der Waals surface area (Å²) in [5, 5.41) is 0. The van der Waals surface area contributed by atoms with Gasteiger partial charge in [0.25, 0.3) is 0 Å². The first-order valence-corrected chi connectivity index (χ1v) is 6.67. The van der Waals surface area contributed by atoms with Crippen LogP contribution in [0.5, 0.6) is 0 Å². The van der Waals surface area contributed by atoms with Crippen molar-refractivity contribution in [1.82, 2.24) is 0 Å². The van der Waals surface area contributed by atoms with Crippen LogP contribution in [0.4, 0.5) is 0 Å². The van der Waals surface area contributed by atoms with Gasteiger partial charge in [-0.25, -0.2) is 0 Å². The normalized spacial score (nSPS) is 11.0. The molecule has 0 amide bonds. The number of allylic oxidation sites excluding steroid dienone is 3. The van der Waals surface area contributed by atoms with E-state index in [2.05, 4.69) is 25.7 Å². The van der Waals surface area contributed by atoms with Crippen LogP contribution in [-0.2, 0) is 0 Å². The summed E-state index contributed by atoms with van der Waals surface area (Å²) in [5.41, 5.74) is 0. The third-order valence-corrected chi connectivity index (χ3v) is 2.68. The lowest BCUT2D eigenvalue weighted by Crippen LogP contribution is -1.80. The van der Waals surface area contributed by atoms with Gasteiger partial charge < -0.3 is 0 Å². The molecule has 0 bridgehead atoms. The van der Waals surface area contributed by atoms with Crippen LogP contribution < -0.4 is 0 Å². The molecule has 88 valence electrons. The second-order valence-corrected chi connectivity index (χ2v) is 4.22. The first-order chi connectivity index (χ1) is 7.41. The summed E-state index contributed by atoms with van der Waals surface area (Å²) in [4.78, 5) is 0. The van der Waals surface area contributed by atoms with Crippen LogP contribution >= 0.6 is 0 Å². The molecule has 0 aromatic heterocycles. The third-order valence-electron chi connectivity index (χ3n) is 2.68. The van der Waals surface area contributed by atoms with Crippen LogP contribution in [0.2, 0.25) is 0 Å². The van der Waals surface area contributed by atoms with Crippen molar-refractivity contribution in [3.05, 3.63) is 24.8 Å². The molecule has 0 rings (SSSR count). The van der Waals surface area contributed by atoms with Gasteiger partial charge in [0, 0.05) is 0 Å². The van der Waals surface area contributed by atoms with Crippen LogP contribution in [-0.4, -0.2) is 0 Å². The molecule has 0 aromatic carbocycles. The predicted octanol–water partition coefficient (Wildman–Crippen LogP) is 5.65. The Bertz CT molecular complexity index is 144. The van der Waals surface area contributed by atoms with Gasteiger partial charge in [0.2, 0.25) is 0 Å². The summed E-state index contributed by atoms with van der Waals surface area (Å²) < 4.78 is 0. The molecular formula is C15H28. The Hall–Kier alpha value is -0.520. The van der Waals surface area contributed by atoms with E-state index in [0.29, 0.717) is 0 Å². The van der Waals surface area contributed by atoms with E-state index in [0.717, 1.165) is 0 Å². The highest BCUT2D eigenvalue weighted by Gasteiger charge is 1.90. The fraction of sp³-hybridized carbons (Fsp3) is 0.733. The van der Waals surface area contributed by atoms with Crippen LogP contribution in [0.15, 0.2) is 24.8 Å². The monoisotopic (exact) mass is 208 g/mol. The fourth-order valence-electron chi connectivity index (χ4n) is 1.72. The number of unbranched alkanes of at least 4 members (excludes halogenated alkanes) is 8. The standard InChI is InChI=1S/C15H28/c1-3-5-7-9-11-13-15-14-12-10-8-6-4-2/h3,6,8H,1,4-5,7,9-15H2,2H3/b8-6+. The van der Waals surface area contributed by atoms with Crippen molar-refractivity contribution >= 4 is 0 Å². The maximum absolute atomic E-state index is 3.74. The molecule has 0 aliphatic rings. The first-order valence-electron chi connectivity index (χ1n) is 6.67. The van der Waals surface area contributed by atoms with Crippen molar-refractivity contribution in [3.8, 4) is 0 Å². The number of rotatable bonds is 11. The molecular weight excluding hydrogens is 180 g/mol.